The van der Waals surface area contributed by atoms with Crippen LogP contribution in [0.1, 0.15) is 25.3 Å². The lowest BCUT2D eigenvalue weighted by molar-refractivity contribution is -0.140. The molecule has 0 heterocycles. The minimum absolute atomic E-state index is 0.178. The van der Waals surface area contributed by atoms with Gasteiger partial charge in [-0.1, -0.05) is 12.1 Å². The number of rotatable bonds is 9. The highest BCUT2D eigenvalue weighted by Crippen LogP contribution is 2.30. The van der Waals surface area contributed by atoms with Crippen molar-refractivity contribution in [3.8, 4) is 11.5 Å². The first-order valence-electron chi connectivity index (χ1n) is 6.79. The highest BCUT2D eigenvalue weighted by molar-refractivity contribution is 5.69. The Morgan fingerprint density at radius 3 is 2.75 bits per heavy atom. The number of ether oxygens (including phenoxy) is 3. The van der Waals surface area contributed by atoms with Gasteiger partial charge in [0.25, 0.3) is 0 Å². The van der Waals surface area contributed by atoms with Crippen molar-refractivity contribution in [1.29, 1.82) is 0 Å². The maximum atomic E-state index is 11.0. The molecule has 0 aliphatic heterocycles. The molecular weight excluding hydrogens is 258 g/mol. The van der Waals surface area contributed by atoms with E-state index in [0.717, 1.165) is 30.0 Å². The molecule has 0 radical (unpaired) electrons. The molecule has 1 aromatic rings. The second-order valence-corrected chi connectivity index (χ2v) is 4.24. The van der Waals surface area contributed by atoms with Crippen LogP contribution >= 0.6 is 0 Å². The van der Waals surface area contributed by atoms with Crippen LogP contribution in [0.3, 0.4) is 0 Å². The minimum Gasteiger partial charge on any atom is -0.493 e. The van der Waals surface area contributed by atoms with E-state index in [1.165, 1.54) is 7.11 Å². The quantitative estimate of drug-likeness (QED) is 0.555. The second-order valence-electron chi connectivity index (χ2n) is 4.24. The fourth-order valence-corrected chi connectivity index (χ4v) is 1.88. The van der Waals surface area contributed by atoms with Crippen molar-refractivity contribution in [2.24, 2.45) is 0 Å². The largest absolute Gasteiger partial charge is 0.493 e. The summed E-state index contributed by atoms with van der Waals surface area (Å²) < 4.78 is 15.5. The van der Waals surface area contributed by atoms with Crippen LogP contribution in [-0.4, -0.2) is 33.3 Å². The highest BCUT2D eigenvalue weighted by atomic mass is 16.5. The van der Waals surface area contributed by atoms with E-state index in [1.54, 1.807) is 7.11 Å². The molecule has 0 fully saturated rings. The smallest absolute Gasteiger partial charge is 0.305 e. The van der Waals surface area contributed by atoms with Gasteiger partial charge in [0, 0.05) is 18.5 Å². The molecule has 5 nitrogen and oxygen atoms in total. The molecule has 0 atom stereocenters. The number of carbonyl (C=O) groups is 1. The molecule has 0 unspecified atom stereocenters. The monoisotopic (exact) mass is 281 g/mol. The Morgan fingerprint density at radius 1 is 1.30 bits per heavy atom. The van der Waals surface area contributed by atoms with Gasteiger partial charge in [0.2, 0.25) is 0 Å². The third-order valence-corrected chi connectivity index (χ3v) is 2.84. The van der Waals surface area contributed by atoms with Gasteiger partial charge in [-0.25, -0.2) is 0 Å². The Kier molecular flexibility index (Phi) is 7.50. The number of carbonyl (C=O) groups excluding carboxylic acids is 1. The predicted molar refractivity (Wildman–Crippen MR) is 77.1 cm³/mol. The van der Waals surface area contributed by atoms with Crippen LogP contribution in [0.5, 0.6) is 11.5 Å². The van der Waals surface area contributed by atoms with Gasteiger partial charge in [-0.2, -0.15) is 0 Å². The molecule has 20 heavy (non-hydrogen) atoms. The summed E-state index contributed by atoms with van der Waals surface area (Å²) in [5, 5.41) is 3.28. The summed E-state index contributed by atoms with van der Waals surface area (Å²) in [5.74, 6) is 1.33. The summed E-state index contributed by atoms with van der Waals surface area (Å²) >= 11 is 0. The average Bonchev–Trinajstić information content (AvgIpc) is 2.47. The summed E-state index contributed by atoms with van der Waals surface area (Å²) in [5.41, 5.74) is 1.04. The molecular formula is C15H23NO4. The van der Waals surface area contributed by atoms with Crippen LogP contribution in [0.4, 0.5) is 0 Å². The maximum Gasteiger partial charge on any atom is 0.305 e. The van der Waals surface area contributed by atoms with Gasteiger partial charge >= 0.3 is 5.97 Å². The number of para-hydroxylation sites is 1. The first-order valence-corrected chi connectivity index (χ1v) is 6.79. The SMILES string of the molecule is CCOc1cccc(CNCCCC(=O)OC)c1OC. The fourth-order valence-electron chi connectivity index (χ4n) is 1.88. The van der Waals surface area contributed by atoms with Crippen molar-refractivity contribution in [2.75, 3.05) is 27.4 Å². The molecule has 0 saturated heterocycles. The van der Waals surface area contributed by atoms with E-state index in [1.807, 2.05) is 25.1 Å². The molecule has 0 amide bonds. The highest BCUT2D eigenvalue weighted by Gasteiger charge is 2.09. The molecule has 5 heteroatoms. The third-order valence-electron chi connectivity index (χ3n) is 2.84. The van der Waals surface area contributed by atoms with E-state index in [9.17, 15) is 4.79 Å². The van der Waals surface area contributed by atoms with Gasteiger partial charge in [-0.15, -0.1) is 0 Å². The number of methoxy groups -OCH3 is 2. The number of esters is 1. The number of benzene rings is 1. The maximum absolute atomic E-state index is 11.0. The van der Waals surface area contributed by atoms with Gasteiger partial charge in [0.1, 0.15) is 0 Å². The molecule has 1 N–H and O–H groups in total. The van der Waals surface area contributed by atoms with Crippen LogP contribution in [-0.2, 0) is 16.1 Å². The Morgan fingerprint density at radius 2 is 2.10 bits per heavy atom. The van der Waals surface area contributed by atoms with Crippen molar-refractivity contribution >= 4 is 5.97 Å². The van der Waals surface area contributed by atoms with Crippen LogP contribution in [0.2, 0.25) is 0 Å². The van der Waals surface area contributed by atoms with Gasteiger partial charge in [0.05, 0.1) is 20.8 Å². The predicted octanol–water partition coefficient (Wildman–Crippen LogP) is 2.14. The van der Waals surface area contributed by atoms with Crippen molar-refractivity contribution in [3.05, 3.63) is 23.8 Å². The molecule has 0 spiro atoms. The fraction of sp³-hybridized carbons (Fsp3) is 0.533. The second kappa shape index (κ2) is 9.20. The van der Waals surface area contributed by atoms with E-state index in [4.69, 9.17) is 9.47 Å². The summed E-state index contributed by atoms with van der Waals surface area (Å²) in [7, 11) is 3.04. The van der Waals surface area contributed by atoms with Crippen molar-refractivity contribution < 1.29 is 19.0 Å². The zero-order valence-electron chi connectivity index (χ0n) is 12.4. The molecule has 0 aromatic heterocycles. The zero-order valence-corrected chi connectivity index (χ0v) is 12.4. The van der Waals surface area contributed by atoms with Gasteiger partial charge in [-0.3, -0.25) is 4.79 Å². The third kappa shape index (κ3) is 5.09. The van der Waals surface area contributed by atoms with E-state index < -0.39 is 0 Å². The Bertz CT molecular complexity index is 420. The van der Waals surface area contributed by atoms with Crippen LogP contribution in [0.25, 0.3) is 0 Å². The first-order chi connectivity index (χ1) is 9.72. The molecule has 112 valence electrons. The number of nitrogens with one attached hydrogen (secondary N) is 1. The summed E-state index contributed by atoms with van der Waals surface area (Å²) in [4.78, 5) is 11.0. The Hall–Kier alpha value is -1.75. The Labute approximate surface area is 120 Å². The summed E-state index contributed by atoms with van der Waals surface area (Å²) in [6, 6.07) is 5.83. The summed E-state index contributed by atoms with van der Waals surface area (Å²) in [6.07, 6.45) is 1.18. The van der Waals surface area contributed by atoms with E-state index in [0.29, 0.717) is 19.6 Å². The van der Waals surface area contributed by atoms with Gasteiger partial charge in [0.15, 0.2) is 11.5 Å². The Balaban J connectivity index is 2.47. The molecule has 1 aromatic carbocycles. The summed E-state index contributed by atoms with van der Waals surface area (Å²) in [6.45, 7) is 3.96. The van der Waals surface area contributed by atoms with Crippen molar-refractivity contribution in [3.63, 3.8) is 0 Å². The molecule has 0 aliphatic carbocycles. The topological polar surface area (TPSA) is 56.8 Å². The minimum atomic E-state index is -0.178. The van der Waals surface area contributed by atoms with Crippen molar-refractivity contribution in [2.45, 2.75) is 26.3 Å². The van der Waals surface area contributed by atoms with E-state index in [2.05, 4.69) is 10.1 Å². The lowest BCUT2D eigenvalue weighted by Crippen LogP contribution is -2.16. The van der Waals surface area contributed by atoms with Gasteiger partial charge < -0.3 is 19.5 Å². The molecule has 0 bridgehead atoms. The van der Waals surface area contributed by atoms with Crippen LogP contribution < -0.4 is 14.8 Å². The lowest BCUT2D eigenvalue weighted by atomic mass is 10.2. The standard InChI is InChI=1S/C15H23NO4/c1-4-20-13-8-5-7-12(15(13)19-3)11-16-10-6-9-14(17)18-2/h5,7-8,16H,4,6,9-11H2,1-3H3. The molecule has 0 saturated carbocycles. The normalized spacial score (nSPS) is 10.2. The first kappa shape index (κ1) is 16.3. The zero-order chi connectivity index (χ0) is 14.8. The van der Waals surface area contributed by atoms with Crippen molar-refractivity contribution in [1.82, 2.24) is 5.32 Å². The van der Waals surface area contributed by atoms with Crippen LogP contribution in [0.15, 0.2) is 18.2 Å². The number of hydrogen-bond donors (Lipinski definition) is 1. The molecule has 1 rings (SSSR count). The van der Waals surface area contributed by atoms with Gasteiger partial charge in [-0.05, 0) is 26.0 Å². The lowest BCUT2D eigenvalue weighted by Gasteiger charge is -2.14. The number of hydrogen-bond acceptors (Lipinski definition) is 5. The van der Waals surface area contributed by atoms with E-state index >= 15 is 0 Å². The average molecular weight is 281 g/mol. The molecule has 0 aliphatic rings. The van der Waals surface area contributed by atoms with Crippen LogP contribution in [0, 0.1) is 0 Å². The van der Waals surface area contributed by atoms with E-state index in [-0.39, 0.29) is 5.97 Å².